The van der Waals surface area contributed by atoms with E-state index in [1.165, 1.54) is 6.07 Å². The van der Waals surface area contributed by atoms with Crippen LogP contribution in [0.2, 0.25) is 0 Å². The Labute approximate surface area is 118 Å². The zero-order valence-corrected chi connectivity index (χ0v) is 11.9. The van der Waals surface area contributed by atoms with Gasteiger partial charge in [-0.05, 0) is 31.0 Å². The molecule has 2 aromatic rings. The lowest BCUT2D eigenvalue weighted by atomic mass is 10.1. The van der Waals surface area contributed by atoms with Gasteiger partial charge >= 0.3 is 0 Å². The van der Waals surface area contributed by atoms with Crippen molar-refractivity contribution >= 4 is 0 Å². The van der Waals surface area contributed by atoms with Crippen LogP contribution in [0.1, 0.15) is 31.5 Å². The number of aryl methyl sites for hydroxylation is 1. The van der Waals surface area contributed by atoms with Crippen LogP contribution >= 0.6 is 0 Å². The summed E-state index contributed by atoms with van der Waals surface area (Å²) in [6.07, 6.45) is 3.62. The van der Waals surface area contributed by atoms with Crippen molar-refractivity contribution in [3.8, 4) is 11.5 Å². The molecule has 5 nitrogen and oxygen atoms in total. The molecule has 106 valence electrons. The maximum atomic E-state index is 11.8. The second-order valence-corrected chi connectivity index (χ2v) is 4.63. The summed E-state index contributed by atoms with van der Waals surface area (Å²) in [6, 6.07) is 5.43. The van der Waals surface area contributed by atoms with E-state index in [2.05, 4.69) is 34.1 Å². The lowest BCUT2D eigenvalue weighted by Gasteiger charge is -2.08. The van der Waals surface area contributed by atoms with Crippen molar-refractivity contribution in [3.63, 3.8) is 0 Å². The third-order valence-electron chi connectivity index (χ3n) is 3.02. The van der Waals surface area contributed by atoms with Gasteiger partial charge in [0.15, 0.2) is 5.82 Å². The molecule has 0 amide bonds. The van der Waals surface area contributed by atoms with E-state index in [9.17, 15) is 4.79 Å². The Morgan fingerprint density at radius 2 is 2.20 bits per heavy atom. The summed E-state index contributed by atoms with van der Waals surface area (Å²) in [5.74, 6) is 0.545. The van der Waals surface area contributed by atoms with Gasteiger partial charge in [-0.15, -0.1) is 0 Å². The molecule has 0 saturated carbocycles. The van der Waals surface area contributed by atoms with Crippen molar-refractivity contribution in [2.45, 2.75) is 33.2 Å². The minimum atomic E-state index is -0.143. The van der Waals surface area contributed by atoms with Crippen LogP contribution in [-0.2, 0) is 13.0 Å². The van der Waals surface area contributed by atoms with Crippen molar-refractivity contribution in [2.24, 2.45) is 0 Å². The molecule has 0 saturated heterocycles. The number of nitrogens with zero attached hydrogens (tertiary/aromatic N) is 2. The highest BCUT2D eigenvalue weighted by atomic mass is 16.1. The second kappa shape index (κ2) is 6.96. The molecule has 0 aliphatic carbocycles. The summed E-state index contributed by atoms with van der Waals surface area (Å²) in [5.41, 5.74) is 2.43. The van der Waals surface area contributed by atoms with Crippen LogP contribution < -0.4 is 10.9 Å². The van der Waals surface area contributed by atoms with Gasteiger partial charge in [-0.25, -0.2) is 4.98 Å². The fourth-order valence-electron chi connectivity index (χ4n) is 2.04. The summed E-state index contributed by atoms with van der Waals surface area (Å²) >= 11 is 0. The van der Waals surface area contributed by atoms with Crippen molar-refractivity contribution in [1.29, 1.82) is 0 Å². The minimum absolute atomic E-state index is 0.143. The largest absolute Gasteiger partial charge is 0.311 e. The molecule has 0 radical (unpaired) electrons. The van der Waals surface area contributed by atoms with Gasteiger partial charge in [-0.1, -0.05) is 19.9 Å². The highest BCUT2D eigenvalue weighted by molar-refractivity contribution is 5.54. The van der Waals surface area contributed by atoms with E-state index >= 15 is 0 Å². The van der Waals surface area contributed by atoms with E-state index in [0.29, 0.717) is 12.4 Å². The van der Waals surface area contributed by atoms with E-state index in [-0.39, 0.29) is 5.56 Å². The number of rotatable bonds is 6. The number of H-pyrrole nitrogens is 1. The van der Waals surface area contributed by atoms with Gasteiger partial charge in [0.25, 0.3) is 5.56 Å². The molecule has 0 unspecified atom stereocenters. The molecular weight excluding hydrogens is 252 g/mol. The molecule has 0 spiro atoms. The van der Waals surface area contributed by atoms with Gasteiger partial charge in [0.05, 0.1) is 5.69 Å². The molecule has 0 aromatic carbocycles. The Morgan fingerprint density at radius 3 is 2.95 bits per heavy atom. The average Bonchev–Trinajstić information content (AvgIpc) is 2.47. The van der Waals surface area contributed by atoms with Crippen LogP contribution in [0.25, 0.3) is 11.5 Å². The Morgan fingerprint density at radius 1 is 1.35 bits per heavy atom. The molecule has 5 heteroatoms. The van der Waals surface area contributed by atoms with E-state index in [1.807, 2.05) is 12.1 Å². The first-order valence-electron chi connectivity index (χ1n) is 6.99. The van der Waals surface area contributed by atoms with E-state index in [4.69, 9.17) is 0 Å². The van der Waals surface area contributed by atoms with E-state index < -0.39 is 0 Å². The SMILES string of the molecule is CCCNCc1cc(=O)[nH]c(-c2ncccc2CC)n1. The lowest BCUT2D eigenvalue weighted by molar-refractivity contribution is 0.662. The van der Waals surface area contributed by atoms with Gasteiger partial charge in [-0.3, -0.25) is 9.78 Å². The van der Waals surface area contributed by atoms with E-state index in [1.54, 1.807) is 6.20 Å². The van der Waals surface area contributed by atoms with Crippen molar-refractivity contribution in [3.05, 3.63) is 46.0 Å². The molecule has 2 N–H and O–H groups in total. The number of hydrogen-bond donors (Lipinski definition) is 2. The first-order chi connectivity index (χ1) is 9.74. The second-order valence-electron chi connectivity index (χ2n) is 4.63. The smallest absolute Gasteiger partial charge is 0.251 e. The molecule has 0 fully saturated rings. The molecule has 20 heavy (non-hydrogen) atoms. The summed E-state index contributed by atoms with van der Waals surface area (Å²) in [4.78, 5) is 23.4. The number of pyridine rings is 1. The maximum Gasteiger partial charge on any atom is 0.251 e. The minimum Gasteiger partial charge on any atom is -0.311 e. The van der Waals surface area contributed by atoms with Crippen LogP contribution in [0, 0.1) is 0 Å². The first kappa shape index (κ1) is 14.4. The van der Waals surface area contributed by atoms with Crippen molar-refractivity contribution < 1.29 is 0 Å². The fraction of sp³-hybridized carbons (Fsp3) is 0.400. The summed E-state index contributed by atoms with van der Waals surface area (Å²) in [6.45, 7) is 5.67. The molecule has 2 aromatic heterocycles. The average molecular weight is 272 g/mol. The third kappa shape index (κ3) is 3.51. The van der Waals surface area contributed by atoms with Crippen LogP contribution in [0.3, 0.4) is 0 Å². The summed E-state index contributed by atoms with van der Waals surface area (Å²) in [7, 11) is 0. The van der Waals surface area contributed by atoms with Crippen LogP contribution in [0.4, 0.5) is 0 Å². The molecule has 2 heterocycles. The lowest BCUT2D eigenvalue weighted by Crippen LogP contribution is -2.19. The third-order valence-corrected chi connectivity index (χ3v) is 3.02. The summed E-state index contributed by atoms with van der Waals surface area (Å²) in [5, 5.41) is 3.25. The van der Waals surface area contributed by atoms with Gasteiger partial charge in [0.2, 0.25) is 0 Å². The highest BCUT2D eigenvalue weighted by Gasteiger charge is 2.09. The molecular formula is C15H20N4O. The van der Waals surface area contributed by atoms with Crippen LogP contribution in [-0.4, -0.2) is 21.5 Å². The predicted molar refractivity (Wildman–Crippen MR) is 79.5 cm³/mol. The number of hydrogen-bond acceptors (Lipinski definition) is 4. The Bertz CT molecular complexity index is 621. The molecule has 0 bridgehead atoms. The molecule has 0 aliphatic heterocycles. The van der Waals surface area contributed by atoms with Gasteiger partial charge < -0.3 is 10.3 Å². The molecule has 2 rings (SSSR count). The Balaban J connectivity index is 2.34. The Hall–Kier alpha value is -2.01. The molecule has 0 atom stereocenters. The maximum absolute atomic E-state index is 11.8. The van der Waals surface area contributed by atoms with E-state index in [0.717, 1.165) is 36.3 Å². The van der Waals surface area contributed by atoms with Gasteiger partial charge in [0.1, 0.15) is 5.69 Å². The quantitative estimate of drug-likeness (QED) is 0.788. The first-order valence-corrected chi connectivity index (χ1v) is 6.99. The summed E-state index contributed by atoms with van der Waals surface area (Å²) < 4.78 is 0. The van der Waals surface area contributed by atoms with Crippen LogP contribution in [0.15, 0.2) is 29.2 Å². The van der Waals surface area contributed by atoms with Crippen molar-refractivity contribution in [1.82, 2.24) is 20.3 Å². The highest BCUT2D eigenvalue weighted by Crippen LogP contribution is 2.16. The predicted octanol–water partition coefficient (Wildman–Crippen LogP) is 1.89. The zero-order chi connectivity index (χ0) is 14.4. The van der Waals surface area contributed by atoms with Gasteiger partial charge in [-0.2, -0.15) is 0 Å². The van der Waals surface area contributed by atoms with Crippen LogP contribution in [0.5, 0.6) is 0 Å². The standard InChI is InChI=1S/C15H20N4O/c1-3-7-16-10-12-9-13(20)19-15(18-12)14-11(4-2)6-5-8-17-14/h5-6,8-9,16H,3-4,7,10H2,1-2H3,(H,18,19,20). The number of nitrogens with one attached hydrogen (secondary N) is 2. The number of aromatic nitrogens is 3. The fourth-order valence-corrected chi connectivity index (χ4v) is 2.04. The molecule has 0 aliphatic rings. The zero-order valence-electron chi connectivity index (χ0n) is 11.9. The normalized spacial score (nSPS) is 10.7. The van der Waals surface area contributed by atoms with Crippen molar-refractivity contribution in [2.75, 3.05) is 6.54 Å². The Kier molecular flexibility index (Phi) is 5.01. The topological polar surface area (TPSA) is 70.7 Å². The monoisotopic (exact) mass is 272 g/mol. The van der Waals surface area contributed by atoms with Gasteiger partial charge in [0, 0.05) is 18.8 Å². The number of aromatic amines is 1.